The molecule has 3 aromatic rings. The highest BCUT2D eigenvalue weighted by molar-refractivity contribution is 6.32. The molecule has 0 saturated heterocycles. The summed E-state index contributed by atoms with van der Waals surface area (Å²) in [5.41, 5.74) is -0.989. The van der Waals surface area contributed by atoms with Crippen LogP contribution in [0.15, 0.2) is 23.1 Å². The zero-order valence-corrected chi connectivity index (χ0v) is 19.3. The summed E-state index contributed by atoms with van der Waals surface area (Å²) in [7, 11) is 0. The van der Waals surface area contributed by atoms with Gasteiger partial charge in [0.05, 0.1) is 5.69 Å². The normalized spacial score (nSPS) is 12.5. The topological polar surface area (TPSA) is 124 Å². The van der Waals surface area contributed by atoms with Crippen molar-refractivity contribution < 1.29 is 32.2 Å². The molecule has 2 N–H and O–H groups in total. The third-order valence-electron chi connectivity index (χ3n) is 4.74. The van der Waals surface area contributed by atoms with Gasteiger partial charge in [-0.25, -0.2) is 14.2 Å². The molecule has 3 aromatic heterocycles. The highest BCUT2D eigenvalue weighted by Crippen LogP contribution is 2.29. The van der Waals surface area contributed by atoms with Crippen molar-refractivity contribution in [3.05, 3.63) is 56.7 Å². The molecule has 0 radical (unpaired) electrons. The number of pyridine rings is 2. The molecular weight excluding hydrogens is 500 g/mol. The van der Waals surface area contributed by atoms with E-state index in [1.807, 2.05) is 0 Å². The number of rotatable bonds is 7. The predicted octanol–water partition coefficient (Wildman–Crippen LogP) is 3.02. The van der Waals surface area contributed by atoms with E-state index >= 15 is 4.39 Å². The maximum atomic E-state index is 15.0. The zero-order valence-electron chi connectivity index (χ0n) is 18.5. The lowest BCUT2D eigenvalue weighted by atomic mass is 10.2. The largest absolute Gasteiger partial charge is 0.464 e. The van der Waals surface area contributed by atoms with Crippen LogP contribution in [0.2, 0.25) is 5.15 Å². The minimum absolute atomic E-state index is 0.0152. The molecule has 188 valence electrons. The molecule has 1 amide bonds. The molecule has 3 heterocycles. The Morgan fingerprint density at radius 2 is 2.03 bits per heavy atom. The second kappa shape index (κ2) is 10.00. The number of amides is 1. The lowest BCUT2D eigenvalue weighted by Crippen LogP contribution is -2.33. The number of halogens is 5. The van der Waals surface area contributed by atoms with Gasteiger partial charge >= 0.3 is 11.9 Å². The van der Waals surface area contributed by atoms with E-state index in [0.717, 1.165) is 4.57 Å². The number of aryl methyl sites for hydroxylation is 1. The number of aliphatic hydroxyl groups excluding tert-OH is 1. The van der Waals surface area contributed by atoms with Crippen LogP contribution in [-0.4, -0.2) is 47.6 Å². The van der Waals surface area contributed by atoms with Crippen molar-refractivity contribution in [3.63, 3.8) is 0 Å². The molecule has 3 rings (SSSR count). The number of carbonyl (C=O) groups is 1. The van der Waals surface area contributed by atoms with Gasteiger partial charge in [-0.1, -0.05) is 11.6 Å². The average molecular weight is 519 g/mol. The first kappa shape index (κ1) is 26.1. The summed E-state index contributed by atoms with van der Waals surface area (Å²) < 4.78 is 60.9. The Balaban J connectivity index is 2.14. The minimum atomic E-state index is -4.85. The second-order valence-electron chi connectivity index (χ2n) is 7.27. The smallest absolute Gasteiger partial charge is 0.425 e. The van der Waals surface area contributed by atoms with Gasteiger partial charge in [0.15, 0.2) is 28.7 Å². The van der Waals surface area contributed by atoms with E-state index in [9.17, 15) is 27.9 Å². The highest BCUT2D eigenvalue weighted by atomic mass is 35.5. The number of carbonyl (C=O) groups excluding carboxylic acids is 1. The summed E-state index contributed by atoms with van der Waals surface area (Å²) >= 11 is 5.95. The molecule has 0 aliphatic carbocycles. The van der Waals surface area contributed by atoms with Gasteiger partial charge in [0.25, 0.3) is 5.91 Å². The van der Waals surface area contributed by atoms with Gasteiger partial charge in [0.2, 0.25) is 5.88 Å². The molecule has 0 aliphatic heterocycles. The van der Waals surface area contributed by atoms with Crippen LogP contribution in [0.25, 0.3) is 5.82 Å². The molecule has 0 aromatic carbocycles. The SMILES string of the molecule is CCn1c(CO)nn(-c2nc(OC(C)C(F)(F)F)c(C(=O)Nc3cc(C)cnc3Cl)cc2F)c1=O. The molecule has 0 fully saturated rings. The first-order chi connectivity index (χ1) is 16.4. The Labute approximate surface area is 200 Å². The molecule has 15 heteroatoms. The highest BCUT2D eigenvalue weighted by Gasteiger charge is 2.39. The van der Waals surface area contributed by atoms with E-state index in [2.05, 4.69) is 20.4 Å². The van der Waals surface area contributed by atoms with Crippen molar-refractivity contribution in [1.82, 2.24) is 24.3 Å². The molecule has 1 atom stereocenters. The van der Waals surface area contributed by atoms with Gasteiger partial charge in [0.1, 0.15) is 12.2 Å². The maximum absolute atomic E-state index is 15.0. The third kappa shape index (κ3) is 5.43. The van der Waals surface area contributed by atoms with E-state index in [0.29, 0.717) is 23.2 Å². The van der Waals surface area contributed by atoms with Crippen LogP contribution in [0.5, 0.6) is 5.88 Å². The van der Waals surface area contributed by atoms with Crippen LogP contribution in [0.1, 0.15) is 35.6 Å². The van der Waals surface area contributed by atoms with Crippen molar-refractivity contribution in [3.8, 4) is 11.7 Å². The van der Waals surface area contributed by atoms with Gasteiger partial charge < -0.3 is 15.2 Å². The number of hydrogen-bond donors (Lipinski definition) is 2. The first-order valence-electron chi connectivity index (χ1n) is 10.0. The van der Waals surface area contributed by atoms with Crippen molar-refractivity contribution >= 4 is 23.2 Å². The fourth-order valence-corrected chi connectivity index (χ4v) is 3.09. The molecule has 0 aliphatic rings. The summed E-state index contributed by atoms with van der Waals surface area (Å²) in [6.45, 7) is 3.28. The second-order valence-corrected chi connectivity index (χ2v) is 7.62. The molecule has 10 nitrogen and oxygen atoms in total. The van der Waals surface area contributed by atoms with Crippen LogP contribution in [0.4, 0.5) is 23.2 Å². The molecule has 35 heavy (non-hydrogen) atoms. The van der Waals surface area contributed by atoms with Crippen LogP contribution in [0, 0.1) is 12.7 Å². The average Bonchev–Trinajstić information content (AvgIpc) is 3.11. The summed E-state index contributed by atoms with van der Waals surface area (Å²) in [6.07, 6.45) is -5.87. The summed E-state index contributed by atoms with van der Waals surface area (Å²) in [5, 5.41) is 15.4. The van der Waals surface area contributed by atoms with Gasteiger partial charge in [-0.05, 0) is 38.5 Å². The Kier molecular flexibility index (Phi) is 7.45. The quantitative estimate of drug-likeness (QED) is 0.364. The Morgan fingerprint density at radius 1 is 1.34 bits per heavy atom. The van der Waals surface area contributed by atoms with Crippen LogP contribution in [-0.2, 0) is 13.2 Å². The number of nitrogens with zero attached hydrogens (tertiary/aromatic N) is 5. The van der Waals surface area contributed by atoms with Crippen molar-refractivity contribution in [2.75, 3.05) is 5.32 Å². The van der Waals surface area contributed by atoms with Crippen molar-refractivity contribution in [2.45, 2.75) is 46.2 Å². The van der Waals surface area contributed by atoms with Gasteiger partial charge in [-0.15, -0.1) is 5.10 Å². The van der Waals surface area contributed by atoms with Crippen molar-refractivity contribution in [1.29, 1.82) is 0 Å². The van der Waals surface area contributed by atoms with E-state index in [1.54, 1.807) is 13.8 Å². The Hall–Kier alpha value is -3.52. The van der Waals surface area contributed by atoms with E-state index in [1.165, 1.54) is 12.3 Å². The zero-order chi connectivity index (χ0) is 26.1. The lowest BCUT2D eigenvalue weighted by molar-refractivity contribution is -0.190. The molecular formula is C20H19ClF4N6O4. The molecule has 0 saturated carbocycles. The number of nitrogens with one attached hydrogen (secondary N) is 1. The number of hydrogen-bond acceptors (Lipinski definition) is 7. The number of aliphatic hydroxyl groups is 1. The monoisotopic (exact) mass is 518 g/mol. The van der Waals surface area contributed by atoms with Gasteiger partial charge in [-0.2, -0.15) is 22.8 Å². The predicted molar refractivity (Wildman–Crippen MR) is 115 cm³/mol. The number of alkyl halides is 3. The minimum Gasteiger partial charge on any atom is -0.464 e. The number of anilines is 1. The number of ether oxygens (including phenoxy) is 1. The molecule has 1 unspecified atom stereocenters. The fraction of sp³-hybridized carbons (Fsp3) is 0.350. The van der Waals surface area contributed by atoms with Crippen LogP contribution in [0.3, 0.4) is 0 Å². The van der Waals surface area contributed by atoms with E-state index in [4.69, 9.17) is 16.3 Å². The van der Waals surface area contributed by atoms with Crippen molar-refractivity contribution in [2.24, 2.45) is 0 Å². The van der Waals surface area contributed by atoms with E-state index < -0.39 is 53.6 Å². The van der Waals surface area contributed by atoms with Crippen LogP contribution < -0.4 is 15.7 Å². The number of aromatic nitrogens is 5. The summed E-state index contributed by atoms with van der Waals surface area (Å²) in [4.78, 5) is 33.0. The fourth-order valence-electron chi connectivity index (χ4n) is 2.94. The summed E-state index contributed by atoms with van der Waals surface area (Å²) in [5.74, 6) is -4.22. The Bertz CT molecular complexity index is 1320. The molecule has 0 bridgehead atoms. The van der Waals surface area contributed by atoms with Gasteiger partial charge in [-0.3, -0.25) is 9.36 Å². The lowest BCUT2D eigenvalue weighted by Gasteiger charge is -2.19. The molecule has 0 spiro atoms. The Morgan fingerprint density at radius 3 is 2.60 bits per heavy atom. The summed E-state index contributed by atoms with van der Waals surface area (Å²) in [6, 6.07) is 2.00. The van der Waals surface area contributed by atoms with Gasteiger partial charge in [0, 0.05) is 12.7 Å². The maximum Gasteiger partial charge on any atom is 0.425 e. The first-order valence-corrected chi connectivity index (χ1v) is 10.4. The van der Waals surface area contributed by atoms with E-state index in [-0.39, 0.29) is 23.2 Å². The standard InChI is InChI=1S/C20H19ClF4N6O4/c1-4-30-14(8-32)29-31(19(30)34)16-12(22)6-11(18(28-16)35-10(3)20(23,24)25)17(33)27-13-5-9(2)7-26-15(13)21/h5-7,10,32H,4,8H2,1-3H3,(H,27,33). The third-order valence-corrected chi connectivity index (χ3v) is 5.04. The van der Waals surface area contributed by atoms with Crippen LogP contribution >= 0.6 is 11.6 Å².